The third kappa shape index (κ3) is 5.48. The van der Waals surface area contributed by atoms with Gasteiger partial charge in [0, 0.05) is 28.0 Å². The number of aryl methyl sites for hydroxylation is 2. The highest BCUT2D eigenvalue weighted by Gasteiger charge is 2.19. The van der Waals surface area contributed by atoms with Crippen molar-refractivity contribution in [2.75, 3.05) is 5.75 Å². The van der Waals surface area contributed by atoms with Crippen LogP contribution in [-0.2, 0) is 6.42 Å². The third-order valence-corrected chi connectivity index (χ3v) is 6.47. The van der Waals surface area contributed by atoms with Crippen molar-refractivity contribution in [2.24, 2.45) is 0 Å². The van der Waals surface area contributed by atoms with Crippen molar-refractivity contribution in [3.8, 4) is 11.4 Å². The van der Waals surface area contributed by atoms with Gasteiger partial charge in [0.15, 0.2) is 5.78 Å². The summed E-state index contributed by atoms with van der Waals surface area (Å²) < 4.78 is 36.7. The molecule has 11 heteroatoms. The number of hydrogen-bond donors (Lipinski definition) is 0. The number of alkyl halides is 2. The predicted molar refractivity (Wildman–Crippen MR) is 121 cm³/mol. The molecule has 0 radical (unpaired) electrons. The van der Waals surface area contributed by atoms with E-state index in [4.69, 9.17) is 4.42 Å². The molecule has 4 aromatic rings. The highest BCUT2D eigenvalue weighted by molar-refractivity contribution is 7.99. The van der Waals surface area contributed by atoms with Crippen molar-refractivity contribution in [1.82, 2.24) is 19.7 Å². The molecule has 0 aliphatic heterocycles. The minimum atomic E-state index is -2.88. The topological polar surface area (TPSA) is 83.0 Å². The van der Waals surface area contributed by atoms with Crippen molar-refractivity contribution < 1.29 is 22.7 Å². The Morgan fingerprint density at radius 1 is 1.21 bits per heavy atom. The van der Waals surface area contributed by atoms with Gasteiger partial charge in [-0.2, -0.15) is 8.78 Å². The summed E-state index contributed by atoms with van der Waals surface area (Å²) in [5, 5.41) is 11.3. The van der Waals surface area contributed by atoms with E-state index in [1.807, 2.05) is 36.8 Å². The molecule has 0 fully saturated rings. The maximum absolute atomic E-state index is 12.9. The van der Waals surface area contributed by atoms with Crippen LogP contribution in [-0.4, -0.2) is 37.9 Å². The van der Waals surface area contributed by atoms with E-state index < -0.39 is 6.61 Å². The number of nitrogens with zero attached hydrogens (tertiary/aromatic N) is 4. The van der Waals surface area contributed by atoms with Crippen molar-refractivity contribution >= 4 is 28.9 Å². The lowest BCUT2D eigenvalue weighted by molar-refractivity contribution is -0.0498. The van der Waals surface area contributed by atoms with Gasteiger partial charge in [-0.05, 0) is 51.1 Å². The van der Waals surface area contributed by atoms with Gasteiger partial charge in [0.1, 0.15) is 5.75 Å². The van der Waals surface area contributed by atoms with Gasteiger partial charge in [-0.25, -0.2) is 4.98 Å². The van der Waals surface area contributed by atoms with E-state index in [1.165, 1.54) is 23.9 Å². The smallest absolute Gasteiger partial charge is 0.387 e. The lowest BCUT2D eigenvalue weighted by Crippen LogP contribution is -2.06. The summed E-state index contributed by atoms with van der Waals surface area (Å²) in [7, 11) is 0. The van der Waals surface area contributed by atoms with Crippen LogP contribution in [0.1, 0.15) is 38.3 Å². The zero-order chi connectivity index (χ0) is 23.5. The minimum Gasteiger partial charge on any atom is -0.435 e. The fourth-order valence-corrected chi connectivity index (χ4v) is 4.71. The summed E-state index contributed by atoms with van der Waals surface area (Å²) in [6.07, 6.45) is 0.453. The van der Waals surface area contributed by atoms with Crippen molar-refractivity contribution in [3.63, 3.8) is 0 Å². The van der Waals surface area contributed by atoms with Crippen molar-refractivity contribution in [1.29, 1.82) is 0 Å². The fraction of sp³-hybridized carbons (Fsp3) is 0.273. The molecule has 3 aromatic heterocycles. The third-order valence-electron chi connectivity index (χ3n) is 4.83. The van der Waals surface area contributed by atoms with E-state index in [2.05, 4.69) is 19.9 Å². The lowest BCUT2D eigenvalue weighted by atomic mass is 10.2. The van der Waals surface area contributed by atoms with E-state index in [1.54, 1.807) is 23.5 Å². The van der Waals surface area contributed by atoms with Crippen LogP contribution in [0.2, 0.25) is 0 Å². The summed E-state index contributed by atoms with van der Waals surface area (Å²) in [4.78, 5) is 17.3. The Morgan fingerprint density at radius 2 is 1.97 bits per heavy atom. The molecule has 0 amide bonds. The van der Waals surface area contributed by atoms with Crippen LogP contribution in [0.3, 0.4) is 0 Å². The number of halogens is 2. The number of carbonyl (C=O) groups is 1. The molecule has 0 atom stereocenters. The monoisotopic (exact) mass is 490 g/mol. The molecule has 0 aliphatic carbocycles. The number of ketones is 1. The predicted octanol–water partition coefficient (Wildman–Crippen LogP) is 5.41. The van der Waals surface area contributed by atoms with E-state index in [-0.39, 0.29) is 17.3 Å². The second kappa shape index (κ2) is 9.84. The van der Waals surface area contributed by atoms with Gasteiger partial charge in [-0.15, -0.1) is 21.5 Å². The highest BCUT2D eigenvalue weighted by atomic mass is 32.2. The Morgan fingerprint density at radius 3 is 2.64 bits per heavy atom. The summed E-state index contributed by atoms with van der Waals surface area (Å²) >= 11 is 2.74. The largest absolute Gasteiger partial charge is 0.435 e. The van der Waals surface area contributed by atoms with Gasteiger partial charge in [0.05, 0.1) is 22.9 Å². The Bertz CT molecular complexity index is 1270. The van der Waals surface area contributed by atoms with Crippen LogP contribution in [0.15, 0.2) is 45.4 Å². The van der Waals surface area contributed by atoms with Crippen LogP contribution in [0.25, 0.3) is 5.69 Å². The van der Waals surface area contributed by atoms with Crippen LogP contribution >= 0.6 is 23.1 Å². The standard InChI is InChI=1S/C22H20F2N4O3S2/c1-12-8-18(13(2)28(12)16-4-6-17(7-5-16)30-21(23)24)19(29)11-33-22-27-26-20(31-22)9-15-10-32-14(3)25-15/h4-8,10,21H,9,11H2,1-3H3. The number of Topliss-reactive ketones (excluding diaryl/α,β-unsaturated/α-hetero) is 1. The number of benzene rings is 1. The number of aromatic nitrogens is 4. The summed E-state index contributed by atoms with van der Waals surface area (Å²) in [6.45, 7) is 2.78. The number of ether oxygens (including phenoxy) is 1. The first kappa shape index (κ1) is 23.1. The Balaban J connectivity index is 1.42. The molecular weight excluding hydrogens is 470 g/mol. The Hall–Kier alpha value is -3.05. The molecule has 0 spiro atoms. The molecule has 0 N–H and O–H groups in total. The number of thioether (sulfide) groups is 1. The maximum Gasteiger partial charge on any atom is 0.387 e. The Kier molecular flexibility index (Phi) is 6.89. The van der Waals surface area contributed by atoms with Crippen molar-refractivity contribution in [3.05, 3.63) is 69.3 Å². The number of thiazole rings is 1. The second-order valence-electron chi connectivity index (χ2n) is 7.20. The van der Waals surface area contributed by atoms with Crippen LogP contribution in [0.5, 0.6) is 5.75 Å². The highest BCUT2D eigenvalue weighted by Crippen LogP contribution is 2.26. The lowest BCUT2D eigenvalue weighted by Gasteiger charge is -2.11. The van der Waals surface area contributed by atoms with E-state index in [0.717, 1.165) is 27.8 Å². The molecule has 1 aromatic carbocycles. The normalized spacial score (nSPS) is 11.3. The average Bonchev–Trinajstić information content (AvgIpc) is 3.46. The molecule has 0 aliphatic rings. The molecule has 33 heavy (non-hydrogen) atoms. The molecule has 4 rings (SSSR count). The van der Waals surface area contributed by atoms with Gasteiger partial charge in [0.2, 0.25) is 5.89 Å². The van der Waals surface area contributed by atoms with E-state index >= 15 is 0 Å². The first-order valence-electron chi connectivity index (χ1n) is 9.93. The molecule has 0 bridgehead atoms. The number of carbonyl (C=O) groups excluding carboxylic acids is 1. The fourth-order valence-electron chi connectivity index (χ4n) is 3.44. The molecule has 172 valence electrons. The Labute approximate surface area is 196 Å². The van der Waals surface area contributed by atoms with Gasteiger partial charge in [-0.1, -0.05) is 11.8 Å². The summed E-state index contributed by atoms with van der Waals surface area (Å²) in [5.74, 6) is 0.593. The quantitative estimate of drug-likeness (QED) is 0.229. The van der Waals surface area contributed by atoms with E-state index in [0.29, 0.717) is 23.1 Å². The van der Waals surface area contributed by atoms with Gasteiger partial charge in [0.25, 0.3) is 5.22 Å². The van der Waals surface area contributed by atoms with Gasteiger partial charge < -0.3 is 13.7 Å². The first-order valence-corrected chi connectivity index (χ1v) is 11.8. The maximum atomic E-state index is 12.9. The molecule has 7 nitrogen and oxygen atoms in total. The molecule has 0 saturated carbocycles. The minimum absolute atomic E-state index is 0.0766. The summed E-state index contributed by atoms with van der Waals surface area (Å²) in [6, 6.07) is 8.09. The first-order chi connectivity index (χ1) is 15.8. The SMILES string of the molecule is Cc1nc(Cc2nnc(SCC(=O)c3cc(C)n(-c4ccc(OC(F)F)cc4)c3C)o2)cs1. The average molecular weight is 491 g/mol. The number of rotatable bonds is 9. The zero-order valence-electron chi connectivity index (χ0n) is 18.0. The summed E-state index contributed by atoms with van der Waals surface area (Å²) in [5.41, 5.74) is 3.80. The molecular formula is C22H20F2N4O3S2. The molecule has 0 unspecified atom stereocenters. The van der Waals surface area contributed by atoms with Crippen LogP contribution in [0.4, 0.5) is 8.78 Å². The number of hydrogen-bond acceptors (Lipinski definition) is 8. The molecule has 0 saturated heterocycles. The van der Waals surface area contributed by atoms with Gasteiger partial charge in [-0.3, -0.25) is 4.79 Å². The van der Waals surface area contributed by atoms with Crippen molar-refractivity contribution in [2.45, 2.75) is 39.0 Å². The van der Waals surface area contributed by atoms with Crippen LogP contribution < -0.4 is 4.74 Å². The molecule has 3 heterocycles. The zero-order valence-corrected chi connectivity index (χ0v) is 19.7. The van der Waals surface area contributed by atoms with E-state index in [9.17, 15) is 13.6 Å². The second-order valence-corrected chi connectivity index (χ2v) is 9.19. The van der Waals surface area contributed by atoms with Crippen LogP contribution in [0, 0.1) is 20.8 Å². The van der Waals surface area contributed by atoms with Gasteiger partial charge >= 0.3 is 6.61 Å².